The Balaban J connectivity index is 1.75. The van der Waals surface area contributed by atoms with Crippen molar-refractivity contribution < 1.29 is 4.74 Å². The molecule has 0 radical (unpaired) electrons. The molecule has 4 heteroatoms. The van der Waals surface area contributed by atoms with Crippen molar-refractivity contribution in [2.75, 3.05) is 7.11 Å². The number of benzene rings is 1. The Hall–Kier alpha value is -1.55. The predicted octanol–water partition coefficient (Wildman–Crippen LogP) is 2.66. The summed E-state index contributed by atoms with van der Waals surface area (Å²) in [5, 5.41) is 0. The van der Waals surface area contributed by atoms with Crippen LogP contribution < -0.4 is 10.5 Å². The molecule has 1 atom stereocenters. The Morgan fingerprint density at radius 3 is 2.80 bits per heavy atom. The summed E-state index contributed by atoms with van der Waals surface area (Å²) in [6, 6.07) is 7.08. The van der Waals surface area contributed by atoms with Crippen LogP contribution in [0.3, 0.4) is 0 Å². The lowest BCUT2D eigenvalue weighted by molar-refractivity contribution is 0.415. The molecule has 2 aliphatic carbocycles. The molecule has 4 nitrogen and oxygen atoms in total. The highest BCUT2D eigenvalue weighted by molar-refractivity contribution is 5.78. The first kappa shape index (κ1) is 12.2. The first-order valence-electron chi connectivity index (χ1n) is 7.56. The van der Waals surface area contributed by atoms with Gasteiger partial charge in [0.25, 0.3) is 0 Å². The van der Waals surface area contributed by atoms with Gasteiger partial charge in [-0.25, -0.2) is 4.98 Å². The summed E-state index contributed by atoms with van der Waals surface area (Å²) in [7, 11) is 1.70. The van der Waals surface area contributed by atoms with Crippen LogP contribution in [-0.2, 0) is 6.42 Å². The maximum absolute atomic E-state index is 6.30. The van der Waals surface area contributed by atoms with Gasteiger partial charge in [-0.2, -0.15) is 0 Å². The highest BCUT2D eigenvalue weighted by Gasteiger charge is 2.32. The second-order valence-electron chi connectivity index (χ2n) is 6.19. The minimum Gasteiger partial charge on any atom is -0.497 e. The molecule has 1 heterocycles. The molecule has 2 saturated carbocycles. The van der Waals surface area contributed by atoms with E-state index in [1.54, 1.807) is 7.11 Å². The second-order valence-corrected chi connectivity index (χ2v) is 6.19. The lowest BCUT2D eigenvalue weighted by atomic mass is 10.1. The molecule has 106 valence electrons. The van der Waals surface area contributed by atoms with Crippen molar-refractivity contribution in [1.29, 1.82) is 0 Å². The number of nitrogens with two attached hydrogens (primary N) is 1. The Labute approximate surface area is 118 Å². The van der Waals surface area contributed by atoms with Gasteiger partial charge in [0, 0.05) is 24.6 Å². The van der Waals surface area contributed by atoms with Crippen LogP contribution in [0.25, 0.3) is 11.0 Å². The van der Waals surface area contributed by atoms with Crippen LogP contribution in [0.2, 0.25) is 0 Å². The standard InChI is InChI=1S/C16H21N3O/c1-20-12-6-7-15-14(8-12)18-16(19(15)11-4-5-11)9-13(17)10-2-3-10/h6-8,10-11,13H,2-5,9,17H2,1H3. The fourth-order valence-electron chi connectivity index (χ4n) is 3.04. The number of hydrogen-bond donors (Lipinski definition) is 1. The first-order valence-corrected chi connectivity index (χ1v) is 7.56. The van der Waals surface area contributed by atoms with E-state index in [0.29, 0.717) is 6.04 Å². The van der Waals surface area contributed by atoms with Gasteiger partial charge >= 0.3 is 0 Å². The van der Waals surface area contributed by atoms with E-state index in [0.717, 1.165) is 29.4 Å². The Bertz CT molecular complexity index is 640. The third-order valence-corrected chi connectivity index (χ3v) is 4.53. The van der Waals surface area contributed by atoms with Gasteiger partial charge in [0.1, 0.15) is 11.6 Å². The predicted molar refractivity (Wildman–Crippen MR) is 79.0 cm³/mol. The zero-order valence-electron chi connectivity index (χ0n) is 11.9. The summed E-state index contributed by atoms with van der Waals surface area (Å²) in [6.45, 7) is 0. The van der Waals surface area contributed by atoms with E-state index in [1.807, 2.05) is 12.1 Å². The van der Waals surface area contributed by atoms with E-state index in [9.17, 15) is 0 Å². The van der Waals surface area contributed by atoms with Gasteiger partial charge in [0.15, 0.2) is 0 Å². The van der Waals surface area contributed by atoms with E-state index in [1.165, 1.54) is 31.2 Å². The average molecular weight is 271 g/mol. The first-order chi connectivity index (χ1) is 9.76. The van der Waals surface area contributed by atoms with Gasteiger partial charge in [-0.1, -0.05) is 0 Å². The molecule has 2 N–H and O–H groups in total. The Morgan fingerprint density at radius 2 is 2.15 bits per heavy atom. The normalized spacial score (nSPS) is 20.3. The molecule has 0 saturated heterocycles. The number of imidazole rings is 1. The summed E-state index contributed by atoms with van der Waals surface area (Å²) in [5.41, 5.74) is 8.56. The molecular formula is C16H21N3O. The van der Waals surface area contributed by atoms with Crippen LogP contribution in [0.15, 0.2) is 18.2 Å². The molecule has 2 fully saturated rings. The van der Waals surface area contributed by atoms with E-state index in [2.05, 4.69) is 10.6 Å². The number of rotatable bonds is 5. The lowest BCUT2D eigenvalue weighted by Gasteiger charge is -2.12. The molecule has 1 aromatic heterocycles. The minimum atomic E-state index is 0.270. The van der Waals surface area contributed by atoms with Crippen molar-refractivity contribution in [3.05, 3.63) is 24.0 Å². The van der Waals surface area contributed by atoms with E-state index >= 15 is 0 Å². The van der Waals surface area contributed by atoms with Gasteiger partial charge in [0.2, 0.25) is 0 Å². The Morgan fingerprint density at radius 1 is 1.35 bits per heavy atom. The molecule has 0 aliphatic heterocycles. The quantitative estimate of drug-likeness (QED) is 0.909. The summed E-state index contributed by atoms with van der Waals surface area (Å²) >= 11 is 0. The smallest absolute Gasteiger partial charge is 0.121 e. The van der Waals surface area contributed by atoms with Crippen molar-refractivity contribution in [1.82, 2.24) is 9.55 Å². The van der Waals surface area contributed by atoms with E-state index in [4.69, 9.17) is 15.5 Å². The topological polar surface area (TPSA) is 53.1 Å². The molecule has 2 aliphatic rings. The fraction of sp³-hybridized carbons (Fsp3) is 0.562. The van der Waals surface area contributed by atoms with Crippen molar-refractivity contribution >= 4 is 11.0 Å². The number of fused-ring (bicyclic) bond motifs is 1. The summed E-state index contributed by atoms with van der Waals surface area (Å²) in [5.74, 6) is 2.75. The van der Waals surface area contributed by atoms with E-state index in [-0.39, 0.29) is 6.04 Å². The molecule has 0 bridgehead atoms. The monoisotopic (exact) mass is 271 g/mol. The van der Waals surface area contributed by atoms with Crippen molar-refractivity contribution in [3.8, 4) is 5.75 Å². The molecular weight excluding hydrogens is 250 g/mol. The van der Waals surface area contributed by atoms with Crippen LogP contribution in [0.4, 0.5) is 0 Å². The third kappa shape index (κ3) is 2.08. The number of methoxy groups -OCH3 is 1. The summed E-state index contributed by atoms with van der Waals surface area (Å²) in [4.78, 5) is 4.84. The zero-order valence-corrected chi connectivity index (χ0v) is 11.9. The van der Waals surface area contributed by atoms with Gasteiger partial charge in [0.05, 0.1) is 18.1 Å². The SMILES string of the molecule is COc1ccc2c(c1)nc(CC(N)C1CC1)n2C1CC1. The largest absolute Gasteiger partial charge is 0.497 e. The van der Waals surface area contributed by atoms with Gasteiger partial charge in [-0.15, -0.1) is 0 Å². The number of hydrogen-bond acceptors (Lipinski definition) is 3. The molecule has 2 aromatic rings. The number of aromatic nitrogens is 2. The molecule has 20 heavy (non-hydrogen) atoms. The molecule has 0 spiro atoms. The highest BCUT2D eigenvalue weighted by Crippen LogP contribution is 2.40. The maximum atomic E-state index is 6.30. The van der Waals surface area contributed by atoms with Crippen molar-refractivity contribution in [3.63, 3.8) is 0 Å². The minimum absolute atomic E-state index is 0.270. The van der Waals surface area contributed by atoms with Crippen LogP contribution in [0.1, 0.15) is 37.5 Å². The highest BCUT2D eigenvalue weighted by atomic mass is 16.5. The molecule has 1 aromatic carbocycles. The van der Waals surface area contributed by atoms with Gasteiger partial charge in [-0.3, -0.25) is 0 Å². The third-order valence-electron chi connectivity index (χ3n) is 4.53. The lowest BCUT2D eigenvalue weighted by Crippen LogP contribution is -2.26. The van der Waals surface area contributed by atoms with Crippen LogP contribution in [0, 0.1) is 5.92 Å². The van der Waals surface area contributed by atoms with Crippen molar-refractivity contribution in [2.45, 2.75) is 44.2 Å². The van der Waals surface area contributed by atoms with Crippen LogP contribution in [-0.4, -0.2) is 22.7 Å². The molecule has 1 unspecified atom stereocenters. The maximum Gasteiger partial charge on any atom is 0.121 e. The van der Waals surface area contributed by atoms with Crippen molar-refractivity contribution in [2.24, 2.45) is 11.7 Å². The number of nitrogens with zero attached hydrogens (tertiary/aromatic N) is 2. The van der Waals surface area contributed by atoms with E-state index < -0.39 is 0 Å². The average Bonchev–Trinajstić information content (AvgIpc) is 3.34. The summed E-state index contributed by atoms with van der Waals surface area (Å²) in [6.07, 6.45) is 6.02. The second kappa shape index (κ2) is 4.48. The van der Waals surface area contributed by atoms with Crippen LogP contribution >= 0.6 is 0 Å². The zero-order chi connectivity index (χ0) is 13.7. The number of ether oxygens (including phenoxy) is 1. The van der Waals surface area contributed by atoms with Crippen LogP contribution in [0.5, 0.6) is 5.75 Å². The molecule has 4 rings (SSSR count). The van der Waals surface area contributed by atoms with Gasteiger partial charge in [-0.05, 0) is 43.7 Å². The summed E-state index contributed by atoms with van der Waals surface area (Å²) < 4.78 is 7.72. The molecule has 0 amide bonds. The van der Waals surface area contributed by atoms with Gasteiger partial charge < -0.3 is 15.0 Å². The fourth-order valence-corrected chi connectivity index (χ4v) is 3.04. The Kier molecular flexibility index (Phi) is 2.74.